The van der Waals surface area contributed by atoms with Crippen LogP contribution < -0.4 is 29.4 Å². The van der Waals surface area contributed by atoms with Gasteiger partial charge in [-0.15, -0.1) is 56.7 Å². The fraction of sp³-hybridized carbons (Fsp3) is 0. The second-order valence-electron chi connectivity index (χ2n) is 35.5. The van der Waals surface area contributed by atoms with E-state index >= 15 is 0 Å². The first-order valence-corrected chi connectivity index (χ1v) is 54.2. The molecule has 0 spiro atoms. The molecule has 0 fully saturated rings. The Morgan fingerprint density at radius 1 is 0.132 bits per heavy atom. The van der Waals surface area contributed by atoms with Gasteiger partial charge in [-0.2, -0.15) is 0 Å². The first-order chi connectivity index (χ1) is 71.1. The molecule has 14 heteroatoms. The molecule has 0 saturated carbocycles. The van der Waals surface area contributed by atoms with Crippen LogP contribution in [0.5, 0.6) is 0 Å². The molecule has 0 unspecified atom stereocenters. The van der Waals surface area contributed by atoms with Crippen molar-refractivity contribution in [1.82, 2.24) is 0 Å². The van der Waals surface area contributed by atoms with Crippen molar-refractivity contribution in [3.63, 3.8) is 0 Å². The summed E-state index contributed by atoms with van der Waals surface area (Å²) in [5, 5.41) is 15.3. The molecule has 27 aromatic rings. The van der Waals surface area contributed by atoms with Gasteiger partial charge in [-0.05, 0) is 253 Å². The summed E-state index contributed by atoms with van der Waals surface area (Å²) in [4.78, 5) is 14.2. The van der Waals surface area contributed by atoms with Gasteiger partial charge in [0.1, 0.15) is 0 Å². The Morgan fingerprint density at radius 2 is 0.382 bits per heavy atom. The van der Waals surface area contributed by atoms with Crippen LogP contribution in [0.4, 0.5) is 102 Å². The van der Waals surface area contributed by atoms with Crippen LogP contribution >= 0.6 is 104 Å². The largest absolute Gasteiger partial charge is 0.310 e. The van der Waals surface area contributed by atoms with Crippen LogP contribution in [0.1, 0.15) is 0 Å². The standard InChI is InChI=1S/C46H31BrN2S.2C42H27BrN2S2/c47-35-29-38(48(36-17-5-2-6-18-36)43-22-11-16-34-15-7-8-19-40(34)43)31-39(30-35)49(37-27-25-33(26-28-37)32-13-3-1-4-14-32)44-23-12-21-42-41-20-9-10-24-45(41)50-46(42)44;43-28-23-33(44(29-11-3-1-4-12-29)31-20-22-41-38(26-31)36-16-8-10-18-40(36)46-41)25-34(24-28)45(30-13-5-2-6-14-30)32-19-21-37-35-15-7-9-17-39(35)47-42(37)27-32;43-28-23-33(44(29-11-3-1-4-12-29)31-19-21-41-37(26-31)35-15-7-9-17-39(35)46-41)25-34(24-28)45(30-13-5-2-6-14-30)32-20-22-42-38(27-32)36-16-8-10-18-40(36)47-42/h1-31H;2*1-27H. The number of hydrogen-bond acceptors (Lipinski definition) is 11. The zero-order valence-corrected chi connectivity index (χ0v) is 86.3. The van der Waals surface area contributed by atoms with Crippen molar-refractivity contribution in [2.75, 3.05) is 29.4 Å². The smallest absolute Gasteiger partial charge is 0.0640 e. The topological polar surface area (TPSA) is 19.4 Å². The molecule has 5 aromatic heterocycles. The molecule has 0 amide bonds. The Kier molecular flexibility index (Phi) is 24.6. The van der Waals surface area contributed by atoms with Crippen LogP contribution in [0.3, 0.4) is 0 Å². The van der Waals surface area contributed by atoms with E-state index in [0.717, 1.165) is 116 Å². The Balaban J connectivity index is 0.000000113. The zero-order chi connectivity index (χ0) is 96.1. The molecule has 6 nitrogen and oxygen atoms in total. The van der Waals surface area contributed by atoms with Crippen molar-refractivity contribution in [1.29, 1.82) is 0 Å². The van der Waals surface area contributed by atoms with Crippen molar-refractivity contribution in [3.8, 4) is 11.1 Å². The van der Waals surface area contributed by atoms with Crippen LogP contribution in [-0.4, -0.2) is 0 Å². The minimum Gasteiger partial charge on any atom is -0.310 e. The molecule has 0 saturated heterocycles. The first kappa shape index (κ1) is 89.8. The SMILES string of the molecule is Brc1cc(N(c2ccccc2)c2ccc3c(c2)sc2ccccc23)cc(N(c2ccccc2)c2ccc3sc4ccccc4c3c2)c1.Brc1cc(N(c2ccccc2)c2ccc3sc4ccccc4c3c2)cc(N(c2ccccc2)c2ccc3sc4ccccc4c3c2)c1.Brc1cc(N(c2ccccc2)c2cccc3ccccc23)cc(N(c2ccc(-c3ccccc3)cc2)c2cccc3c2sc2ccccc23)c1. The van der Waals surface area contributed by atoms with Crippen molar-refractivity contribution in [3.05, 3.63) is 529 Å². The third kappa shape index (κ3) is 17.6. The van der Waals surface area contributed by atoms with Gasteiger partial charge in [-0.1, -0.05) is 327 Å². The predicted molar refractivity (Wildman–Crippen MR) is 638 cm³/mol. The Bertz CT molecular complexity index is 9260. The molecule has 144 heavy (non-hydrogen) atoms. The molecule has 0 N–H and O–H groups in total. The fourth-order valence-electron chi connectivity index (χ4n) is 20.1. The van der Waals surface area contributed by atoms with Crippen molar-refractivity contribution >= 4 is 318 Å². The van der Waals surface area contributed by atoms with E-state index in [4.69, 9.17) is 0 Å². The lowest BCUT2D eigenvalue weighted by Crippen LogP contribution is -2.13. The predicted octanol–water partition coefficient (Wildman–Crippen LogP) is 42.8. The number of hydrogen-bond donors (Lipinski definition) is 0. The number of benzene rings is 22. The molecule has 686 valence electrons. The number of anilines is 18. The van der Waals surface area contributed by atoms with Crippen LogP contribution in [0.15, 0.2) is 529 Å². The number of halogens is 3. The van der Waals surface area contributed by atoms with Gasteiger partial charge < -0.3 is 29.4 Å². The van der Waals surface area contributed by atoms with E-state index in [-0.39, 0.29) is 0 Å². The van der Waals surface area contributed by atoms with Gasteiger partial charge in [0.15, 0.2) is 0 Å². The number of rotatable bonds is 19. The van der Waals surface area contributed by atoms with Gasteiger partial charge in [0.25, 0.3) is 0 Å². The van der Waals surface area contributed by atoms with E-state index in [0.29, 0.717) is 0 Å². The summed E-state index contributed by atoms with van der Waals surface area (Å²) in [7, 11) is 0. The van der Waals surface area contributed by atoms with E-state index in [2.05, 4.69) is 593 Å². The summed E-state index contributed by atoms with van der Waals surface area (Å²) in [5.74, 6) is 0. The number of nitrogens with zero attached hydrogens (tertiary/aromatic N) is 6. The molecular weight excluding hydrogens is 2050 g/mol. The van der Waals surface area contributed by atoms with Crippen LogP contribution in [0.2, 0.25) is 0 Å². The highest BCUT2D eigenvalue weighted by Crippen LogP contribution is 2.53. The summed E-state index contributed by atoms with van der Waals surface area (Å²) in [6.45, 7) is 0. The van der Waals surface area contributed by atoms with Crippen LogP contribution in [-0.2, 0) is 0 Å². The Morgan fingerprint density at radius 3 is 0.792 bits per heavy atom. The highest BCUT2D eigenvalue weighted by atomic mass is 79.9. The monoisotopic (exact) mass is 2130 g/mol. The third-order valence-electron chi connectivity index (χ3n) is 26.6. The molecule has 5 heterocycles. The average Bonchev–Trinajstić information content (AvgIpc) is 1.63. The molecule has 0 atom stereocenters. The van der Waals surface area contributed by atoms with Gasteiger partial charge >= 0.3 is 0 Å². The quantitative estimate of drug-likeness (QED) is 0.0798. The Labute approximate surface area is 879 Å². The molecule has 0 aliphatic carbocycles. The summed E-state index contributed by atoms with van der Waals surface area (Å²) in [5.41, 5.74) is 22.2. The van der Waals surface area contributed by atoms with E-state index in [1.165, 1.54) is 123 Å². The number of para-hydroxylation sites is 5. The number of fused-ring (bicyclic) bond motifs is 16. The normalized spacial score (nSPS) is 11.4. The average molecular weight is 2130 g/mol. The van der Waals surface area contributed by atoms with Crippen molar-refractivity contribution < 1.29 is 0 Å². The molecular formula is C130H85Br3N6S5. The van der Waals surface area contributed by atoms with Crippen LogP contribution in [0.25, 0.3) is 123 Å². The zero-order valence-electron chi connectivity index (χ0n) is 77.4. The summed E-state index contributed by atoms with van der Waals surface area (Å²) in [6, 6.07) is 186. The van der Waals surface area contributed by atoms with E-state index < -0.39 is 0 Å². The summed E-state index contributed by atoms with van der Waals surface area (Å²) < 4.78 is 16.0. The van der Waals surface area contributed by atoms with E-state index in [9.17, 15) is 0 Å². The van der Waals surface area contributed by atoms with Crippen molar-refractivity contribution in [2.24, 2.45) is 0 Å². The van der Waals surface area contributed by atoms with E-state index in [1.807, 2.05) is 56.7 Å². The van der Waals surface area contributed by atoms with Crippen molar-refractivity contribution in [2.45, 2.75) is 0 Å². The maximum absolute atomic E-state index is 3.96. The molecule has 0 bridgehead atoms. The fourth-order valence-corrected chi connectivity index (χ4v) is 27.2. The van der Waals surface area contributed by atoms with Crippen LogP contribution in [0, 0.1) is 0 Å². The molecule has 0 radical (unpaired) electrons. The first-order valence-electron chi connectivity index (χ1n) is 47.8. The molecule has 22 aromatic carbocycles. The lowest BCUT2D eigenvalue weighted by Gasteiger charge is -2.30. The second-order valence-corrected chi connectivity index (χ2v) is 43.6. The third-order valence-corrected chi connectivity index (χ3v) is 33.7. The summed E-state index contributed by atoms with van der Waals surface area (Å²) >= 11 is 21.0. The van der Waals surface area contributed by atoms with Gasteiger partial charge in [-0.3, -0.25) is 0 Å². The highest BCUT2D eigenvalue weighted by Gasteiger charge is 2.28. The minimum absolute atomic E-state index is 1.00. The maximum Gasteiger partial charge on any atom is 0.0640 e. The van der Waals surface area contributed by atoms with Gasteiger partial charge in [0, 0.05) is 206 Å². The molecule has 0 aliphatic rings. The molecule has 0 aliphatic heterocycles. The lowest BCUT2D eigenvalue weighted by atomic mass is 10.0. The van der Waals surface area contributed by atoms with E-state index in [1.54, 1.807) is 0 Å². The van der Waals surface area contributed by atoms with Gasteiger partial charge in [-0.25, -0.2) is 0 Å². The number of thiophene rings is 5. The molecule has 27 rings (SSSR count). The lowest BCUT2D eigenvalue weighted by molar-refractivity contribution is 1.25. The summed E-state index contributed by atoms with van der Waals surface area (Å²) in [6.07, 6.45) is 0. The highest BCUT2D eigenvalue weighted by molar-refractivity contribution is 9.11. The maximum atomic E-state index is 3.96. The van der Waals surface area contributed by atoms with Gasteiger partial charge in [0.05, 0.1) is 16.1 Å². The Hall–Kier alpha value is -15.6. The second kappa shape index (κ2) is 39.4. The van der Waals surface area contributed by atoms with Gasteiger partial charge in [0.2, 0.25) is 0 Å². The minimum atomic E-state index is 1.00.